The van der Waals surface area contributed by atoms with E-state index in [0.29, 0.717) is 13.2 Å². The minimum absolute atomic E-state index is 0.199. The topological polar surface area (TPSA) is 40.0 Å². The molecule has 7 heteroatoms. The van der Waals surface area contributed by atoms with Crippen LogP contribution in [0.1, 0.15) is 20.8 Å². The van der Waals surface area contributed by atoms with Gasteiger partial charge in [-0.15, -0.1) is 0 Å². The molecule has 0 spiro atoms. The Morgan fingerprint density at radius 2 is 1.39 bits per heavy atom. The molecule has 0 bridgehead atoms. The van der Waals surface area contributed by atoms with Crippen LogP contribution in [0.15, 0.2) is 74.0 Å². The first kappa shape index (κ1) is 22.5. The Balaban J connectivity index is 1.79. The largest absolute Gasteiger partial charge is 0.489 e. The summed E-state index contributed by atoms with van der Waals surface area (Å²) in [4.78, 5) is 7.48. The van der Waals surface area contributed by atoms with Gasteiger partial charge in [0.05, 0.1) is 6.21 Å². The second kappa shape index (κ2) is 11.2. The highest BCUT2D eigenvalue weighted by molar-refractivity contribution is 7.99. The summed E-state index contributed by atoms with van der Waals surface area (Å²) in [6.07, 6.45) is 3.20. The molecule has 0 atom stereocenters. The summed E-state index contributed by atoms with van der Waals surface area (Å²) in [6.45, 7) is 6.52. The first-order chi connectivity index (χ1) is 13.3. The van der Waals surface area contributed by atoms with Crippen molar-refractivity contribution >= 4 is 41.2 Å². The molecule has 0 N–H and O–H groups in total. The Kier molecular flexibility index (Phi) is 9.03. The molecule has 0 saturated carbocycles. The number of rotatable bonds is 9. The lowest BCUT2D eigenvalue weighted by molar-refractivity contribution is 0.00128. The van der Waals surface area contributed by atoms with E-state index in [9.17, 15) is 0 Å². The van der Waals surface area contributed by atoms with Crippen molar-refractivity contribution in [1.29, 1.82) is 0 Å². The number of oxime groups is 1. The van der Waals surface area contributed by atoms with Crippen LogP contribution in [0.5, 0.6) is 11.5 Å². The van der Waals surface area contributed by atoms with Crippen LogP contribution in [0.3, 0.4) is 0 Å². The zero-order valence-corrected chi connectivity index (χ0v) is 18.4. The van der Waals surface area contributed by atoms with E-state index in [2.05, 4.69) is 5.16 Å². The van der Waals surface area contributed by atoms with Crippen molar-refractivity contribution in [3.05, 3.63) is 59.1 Å². The molecule has 0 aromatic heterocycles. The third-order valence-corrected chi connectivity index (χ3v) is 4.42. The van der Waals surface area contributed by atoms with Gasteiger partial charge in [-0.25, -0.2) is 0 Å². The molecule has 0 aliphatic carbocycles. The number of halogens is 2. The average Bonchev–Trinajstić information content (AvgIpc) is 2.63. The van der Waals surface area contributed by atoms with Crippen molar-refractivity contribution in [2.45, 2.75) is 36.2 Å². The normalized spacial score (nSPS) is 11.3. The lowest BCUT2D eigenvalue weighted by Gasteiger charge is -2.14. The molecule has 0 aliphatic rings. The maximum absolute atomic E-state index is 5.62. The van der Waals surface area contributed by atoms with Crippen molar-refractivity contribution in [3.8, 4) is 11.5 Å². The highest BCUT2D eigenvalue weighted by Gasteiger charge is 2.09. The number of hydrogen-bond donors (Lipinski definition) is 0. The number of ether oxygens (including phenoxy) is 2. The Morgan fingerprint density at radius 1 is 0.893 bits per heavy atom. The predicted molar refractivity (Wildman–Crippen MR) is 117 cm³/mol. The van der Waals surface area contributed by atoms with Gasteiger partial charge in [0.2, 0.25) is 0 Å². The van der Waals surface area contributed by atoms with E-state index in [1.54, 1.807) is 24.1 Å². The van der Waals surface area contributed by atoms with Crippen LogP contribution >= 0.6 is 35.0 Å². The predicted octanol–water partition coefficient (Wildman–Crippen LogP) is 6.72. The van der Waals surface area contributed by atoms with E-state index in [1.807, 2.05) is 69.3 Å². The minimum Gasteiger partial charge on any atom is -0.489 e. The maximum atomic E-state index is 5.62. The molecule has 0 heterocycles. The molecule has 28 heavy (non-hydrogen) atoms. The lowest BCUT2D eigenvalue weighted by atomic mass is 10.2. The molecule has 0 unspecified atom stereocenters. The number of hydrogen-bond acceptors (Lipinski definition) is 5. The van der Waals surface area contributed by atoms with Gasteiger partial charge in [-0.05, 0) is 75.4 Å². The van der Waals surface area contributed by atoms with Crippen LogP contribution < -0.4 is 9.47 Å². The van der Waals surface area contributed by atoms with Crippen molar-refractivity contribution < 1.29 is 14.3 Å². The van der Waals surface area contributed by atoms with E-state index in [1.165, 1.54) is 0 Å². The molecule has 2 rings (SSSR count). The Hall–Kier alpha value is -1.82. The highest BCUT2D eigenvalue weighted by Crippen LogP contribution is 2.30. The molecule has 2 aromatic carbocycles. The lowest BCUT2D eigenvalue weighted by Crippen LogP contribution is -2.16. The van der Waals surface area contributed by atoms with Crippen LogP contribution in [0, 0.1) is 0 Å². The summed E-state index contributed by atoms with van der Waals surface area (Å²) in [5, 5.41) is 3.88. The van der Waals surface area contributed by atoms with E-state index in [0.717, 1.165) is 21.3 Å². The van der Waals surface area contributed by atoms with Gasteiger partial charge in [-0.2, -0.15) is 0 Å². The number of nitrogens with zero attached hydrogens (tertiary/aromatic N) is 1. The van der Waals surface area contributed by atoms with Crippen LogP contribution in [-0.4, -0.2) is 25.0 Å². The molecule has 2 aromatic rings. The minimum atomic E-state index is -0.297. The van der Waals surface area contributed by atoms with Crippen LogP contribution in [0.2, 0.25) is 0 Å². The molecule has 0 saturated heterocycles. The Morgan fingerprint density at radius 3 is 1.86 bits per heavy atom. The summed E-state index contributed by atoms with van der Waals surface area (Å²) in [7, 11) is 0. The van der Waals surface area contributed by atoms with Gasteiger partial charge in [-0.1, -0.05) is 40.1 Å². The second-order valence-electron chi connectivity index (χ2n) is 6.65. The van der Waals surface area contributed by atoms with Crippen molar-refractivity contribution in [2.75, 3.05) is 13.2 Å². The van der Waals surface area contributed by atoms with Crippen molar-refractivity contribution in [2.24, 2.45) is 5.16 Å². The van der Waals surface area contributed by atoms with E-state index in [4.69, 9.17) is 37.5 Å². The van der Waals surface area contributed by atoms with Gasteiger partial charge in [0.25, 0.3) is 0 Å². The zero-order valence-electron chi connectivity index (χ0n) is 16.0. The summed E-state index contributed by atoms with van der Waals surface area (Å²) in [6, 6.07) is 15.7. The fourth-order valence-corrected chi connectivity index (χ4v) is 2.85. The van der Waals surface area contributed by atoms with E-state index < -0.39 is 0 Å². The maximum Gasteiger partial charge on any atom is 0.129 e. The molecule has 4 nitrogen and oxygen atoms in total. The molecule has 0 radical (unpaired) electrons. The zero-order chi connectivity index (χ0) is 20.4. The second-order valence-corrected chi connectivity index (χ2v) is 8.81. The molecule has 0 amide bonds. The molecule has 0 aliphatic heterocycles. The first-order valence-corrected chi connectivity index (χ1v) is 10.2. The first-order valence-electron chi connectivity index (χ1n) is 8.66. The molecular weight excluding hydrogens is 417 g/mol. The van der Waals surface area contributed by atoms with E-state index >= 15 is 0 Å². The summed E-state index contributed by atoms with van der Waals surface area (Å²) >= 11 is 12.8. The summed E-state index contributed by atoms with van der Waals surface area (Å²) in [5.74, 6) is 1.54. The van der Waals surface area contributed by atoms with Gasteiger partial charge in [0.15, 0.2) is 0 Å². The van der Waals surface area contributed by atoms with Crippen LogP contribution in [-0.2, 0) is 4.84 Å². The van der Waals surface area contributed by atoms with Crippen LogP contribution in [0.25, 0.3) is 0 Å². The Bertz CT molecular complexity index is 781. The smallest absolute Gasteiger partial charge is 0.129 e. The van der Waals surface area contributed by atoms with E-state index in [-0.39, 0.29) is 10.1 Å². The van der Waals surface area contributed by atoms with Gasteiger partial charge in [0.1, 0.15) is 34.8 Å². The average molecular weight is 440 g/mol. The third kappa shape index (κ3) is 9.40. The molecule has 150 valence electrons. The SMILES string of the molecule is CC(C)(C)ON=CCOc1ccc(Sc2ccc(OCC=C(Cl)Cl)cc2)cc1. The third-order valence-electron chi connectivity index (χ3n) is 3.10. The number of benzene rings is 2. The summed E-state index contributed by atoms with van der Waals surface area (Å²) < 4.78 is 11.3. The highest BCUT2D eigenvalue weighted by atomic mass is 35.5. The van der Waals surface area contributed by atoms with Crippen molar-refractivity contribution in [3.63, 3.8) is 0 Å². The Labute approximate surface area is 180 Å². The van der Waals surface area contributed by atoms with Crippen LogP contribution in [0.4, 0.5) is 0 Å². The standard InChI is InChI=1S/C21H23Cl2NO3S/c1-21(2,3)27-24-13-15-26-17-6-10-19(11-7-17)28-18-8-4-16(5-9-18)25-14-12-20(22)23/h4-13H,14-15H2,1-3H3. The molecular formula is C21H23Cl2NO3S. The fourth-order valence-electron chi connectivity index (χ4n) is 1.90. The quantitative estimate of drug-likeness (QED) is 0.321. The van der Waals surface area contributed by atoms with Gasteiger partial charge >= 0.3 is 0 Å². The van der Waals surface area contributed by atoms with Gasteiger partial charge in [-0.3, -0.25) is 0 Å². The summed E-state index contributed by atoms with van der Waals surface area (Å²) in [5.41, 5.74) is -0.297. The monoisotopic (exact) mass is 439 g/mol. The fraction of sp³-hybridized carbons (Fsp3) is 0.286. The molecule has 0 fully saturated rings. The van der Waals surface area contributed by atoms with Gasteiger partial charge in [0, 0.05) is 9.79 Å². The van der Waals surface area contributed by atoms with Crippen molar-refractivity contribution in [1.82, 2.24) is 0 Å². The van der Waals surface area contributed by atoms with Gasteiger partial charge < -0.3 is 14.3 Å².